The molecule has 5 heterocycles. The predicted octanol–water partition coefficient (Wildman–Crippen LogP) is -10.8. The van der Waals surface area contributed by atoms with Crippen molar-refractivity contribution in [2.45, 2.75) is 174 Å². The molecule has 65 heavy (non-hydrogen) atoms. The van der Waals surface area contributed by atoms with E-state index >= 15 is 0 Å². The standard InChI is InChI=1S/C34H58N2O28S/c1-8-17(42)22(47)24(49)32(56-8)63-29-23(48)18(43)11(4-37)59-34(29)62-27-16(36-10(3)41)30(51)57-14(20(27)45)7-55-31-15(35-9(2)40)21(46)26(13(6-39)60-31)61-33-25(50)28(64-65(52,53)54)19(44)12(5-38)58-33/h8,11-34,37-39,42-51H,4-7H2,1-3H3,(H,35,40)(H,36,41)(H,52,53,54)/t8-,11+,12+,13+,14+,15+,16+,17+,18-,19-,20-,21+,22+,23-,24-,25+,26+,27+,28-,29+,30-,31+,32-,33-,34-/m0/s1. The maximum Gasteiger partial charge on any atom is 0.397 e. The topological polar surface area (TPSA) is 468 Å². The fourth-order valence-corrected chi connectivity index (χ4v) is 8.41. The van der Waals surface area contributed by atoms with Gasteiger partial charge in [-0.1, -0.05) is 0 Å². The van der Waals surface area contributed by atoms with Crippen molar-refractivity contribution in [3.63, 3.8) is 0 Å². The summed E-state index contributed by atoms with van der Waals surface area (Å²) in [6.45, 7) is -0.420. The van der Waals surface area contributed by atoms with Crippen molar-refractivity contribution < 1.29 is 136 Å². The van der Waals surface area contributed by atoms with E-state index in [9.17, 15) is 88.9 Å². The fraction of sp³-hybridized carbons (Fsp3) is 0.941. The summed E-state index contributed by atoms with van der Waals surface area (Å²) in [6, 6.07) is -3.34. The normalized spacial score (nSPS) is 47.5. The molecule has 5 fully saturated rings. The molecular formula is C34H58N2O28S. The Balaban J connectivity index is 1.36. The zero-order valence-corrected chi connectivity index (χ0v) is 35.5. The number of aliphatic hydroxyl groups is 13. The van der Waals surface area contributed by atoms with E-state index in [4.69, 9.17) is 42.6 Å². The van der Waals surface area contributed by atoms with Crippen LogP contribution in [0.25, 0.3) is 0 Å². The number of rotatable bonds is 16. The van der Waals surface area contributed by atoms with Gasteiger partial charge in [-0.15, -0.1) is 0 Å². The highest BCUT2D eigenvalue weighted by atomic mass is 32.3. The molecule has 378 valence electrons. The van der Waals surface area contributed by atoms with Crippen LogP contribution in [0.2, 0.25) is 0 Å². The SMILES string of the molecule is CC(=O)N[C@@H]1[C@@H](O[C@@H]2O[C@H](CO)[C@H](O)[C@H](O)[C@H]2O[C@@H]2O[C@@H](C)[C@@H](O)[C@@H](O)[C@@H]2O)[C@@H](O)[C@@H](CO[C@@H]2O[C@H](CO)[C@@H](O[C@@H]3O[C@H](CO)[C@H](O)[C@H](OS(=O)(=O)O)[C@H]3O)[C@H](O)[C@H]2NC(C)=O)O[C@@H]1O. The number of hydrogen-bond acceptors (Lipinski definition) is 27. The number of aliphatic hydroxyl groups excluding tert-OH is 13. The highest BCUT2D eigenvalue weighted by Crippen LogP contribution is 2.35. The molecule has 0 aromatic rings. The van der Waals surface area contributed by atoms with Crippen molar-refractivity contribution in [2.24, 2.45) is 0 Å². The Morgan fingerprint density at radius 3 is 1.60 bits per heavy atom. The Hall–Kier alpha value is -2.07. The summed E-state index contributed by atoms with van der Waals surface area (Å²) in [5.41, 5.74) is 0. The molecule has 25 atom stereocenters. The molecule has 0 aromatic heterocycles. The summed E-state index contributed by atoms with van der Waals surface area (Å²) in [7, 11) is -5.33. The van der Waals surface area contributed by atoms with E-state index in [1.807, 2.05) is 0 Å². The van der Waals surface area contributed by atoms with Gasteiger partial charge in [-0.2, -0.15) is 8.42 Å². The van der Waals surface area contributed by atoms with E-state index in [-0.39, 0.29) is 0 Å². The van der Waals surface area contributed by atoms with Crippen molar-refractivity contribution in [1.29, 1.82) is 0 Å². The third kappa shape index (κ3) is 12.4. The monoisotopic (exact) mass is 974 g/mol. The minimum atomic E-state index is -5.33. The second kappa shape index (κ2) is 22.6. The summed E-state index contributed by atoms with van der Waals surface area (Å²) in [5, 5.41) is 143. The molecule has 0 saturated carbocycles. The van der Waals surface area contributed by atoms with Crippen LogP contribution in [0.15, 0.2) is 0 Å². The Morgan fingerprint density at radius 1 is 0.508 bits per heavy atom. The first-order valence-electron chi connectivity index (χ1n) is 20.1. The Morgan fingerprint density at radius 2 is 1.02 bits per heavy atom. The van der Waals surface area contributed by atoms with Crippen LogP contribution >= 0.6 is 0 Å². The van der Waals surface area contributed by atoms with Gasteiger partial charge in [0.15, 0.2) is 31.5 Å². The predicted molar refractivity (Wildman–Crippen MR) is 199 cm³/mol. The fourth-order valence-electron chi connectivity index (χ4n) is 7.90. The van der Waals surface area contributed by atoms with Gasteiger partial charge >= 0.3 is 10.4 Å². The van der Waals surface area contributed by atoms with Gasteiger partial charge in [-0.05, 0) is 6.92 Å². The summed E-state index contributed by atoms with van der Waals surface area (Å²) in [4.78, 5) is 24.6. The van der Waals surface area contributed by atoms with E-state index in [0.29, 0.717) is 0 Å². The first-order chi connectivity index (χ1) is 30.4. The molecule has 5 aliphatic rings. The second-order valence-electron chi connectivity index (χ2n) is 15.9. The molecular weight excluding hydrogens is 916 g/mol. The van der Waals surface area contributed by atoms with Crippen molar-refractivity contribution in [3.8, 4) is 0 Å². The van der Waals surface area contributed by atoms with Gasteiger partial charge in [-0.3, -0.25) is 14.1 Å². The number of hydrogen-bond donors (Lipinski definition) is 16. The van der Waals surface area contributed by atoms with Crippen LogP contribution in [-0.4, -0.2) is 271 Å². The summed E-state index contributed by atoms with van der Waals surface area (Å²) in [5.74, 6) is -1.61. The van der Waals surface area contributed by atoms with Gasteiger partial charge in [0.05, 0.1) is 32.5 Å². The molecule has 30 nitrogen and oxygen atoms in total. The number of carbonyl (C=O) groups excluding carboxylic acids is 2. The van der Waals surface area contributed by atoms with E-state index < -0.39 is 202 Å². The molecule has 0 aromatic carbocycles. The number of carbonyl (C=O) groups is 2. The molecule has 0 unspecified atom stereocenters. The highest BCUT2D eigenvalue weighted by Gasteiger charge is 2.56. The quantitative estimate of drug-likeness (QED) is 0.0639. The smallest absolute Gasteiger partial charge is 0.394 e. The average Bonchev–Trinajstić information content (AvgIpc) is 3.23. The lowest BCUT2D eigenvalue weighted by atomic mass is 9.94. The largest absolute Gasteiger partial charge is 0.397 e. The van der Waals surface area contributed by atoms with E-state index in [1.54, 1.807) is 0 Å². The van der Waals surface area contributed by atoms with Crippen molar-refractivity contribution >= 4 is 22.2 Å². The highest BCUT2D eigenvalue weighted by molar-refractivity contribution is 7.80. The molecule has 0 aliphatic carbocycles. The third-order valence-corrected chi connectivity index (χ3v) is 11.7. The maximum absolute atomic E-state index is 12.4. The zero-order valence-electron chi connectivity index (χ0n) is 34.6. The number of ether oxygens (including phenoxy) is 9. The lowest BCUT2D eigenvalue weighted by Gasteiger charge is -2.49. The van der Waals surface area contributed by atoms with Crippen LogP contribution < -0.4 is 10.6 Å². The zero-order chi connectivity index (χ0) is 48.4. The molecule has 5 saturated heterocycles. The van der Waals surface area contributed by atoms with Crippen LogP contribution in [0.1, 0.15) is 20.8 Å². The lowest BCUT2D eigenvalue weighted by Crippen LogP contribution is -2.69. The van der Waals surface area contributed by atoms with Gasteiger partial charge in [0, 0.05) is 13.8 Å². The van der Waals surface area contributed by atoms with Gasteiger partial charge in [0.1, 0.15) is 116 Å². The van der Waals surface area contributed by atoms with Crippen LogP contribution in [0.5, 0.6) is 0 Å². The lowest BCUT2D eigenvalue weighted by molar-refractivity contribution is -0.381. The first kappa shape index (κ1) is 53.9. The molecule has 0 radical (unpaired) electrons. The second-order valence-corrected chi connectivity index (χ2v) is 17.0. The van der Waals surface area contributed by atoms with Crippen LogP contribution in [0, 0.1) is 0 Å². The number of nitrogens with one attached hydrogen (secondary N) is 2. The van der Waals surface area contributed by atoms with Gasteiger partial charge < -0.3 is 120 Å². The van der Waals surface area contributed by atoms with Crippen molar-refractivity contribution in [3.05, 3.63) is 0 Å². The Kier molecular flexibility index (Phi) is 18.7. The van der Waals surface area contributed by atoms with Crippen LogP contribution in [-0.2, 0) is 66.8 Å². The molecule has 5 rings (SSSR count). The van der Waals surface area contributed by atoms with Crippen molar-refractivity contribution in [1.82, 2.24) is 10.6 Å². The molecule has 31 heteroatoms. The van der Waals surface area contributed by atoms with E-state index in [2.05, 4.69) is 14.8 Å². The van der Waals surface area contributed by atoms with E-state index in [1.165, 1.54) is 6.92 Å². The molecule has 5 aliphatic heterocycles. The molecule has 2 amide bonds. The molecule has 16 N–H and O–H groups in total. The van der Waals surface area contributed by atoms with Gasteiger partial charge in [0.2, 0.25) is 11.8 Å². The Bertz CT molecular complexity index is 1670. The van der Waals surface area contributed by atoms with E-state index in [0.717, 1.165) is 13.8 Å². The summed E-state index contributed by atoms with van der Waals surface area (Å²) < 4.78 is 87.4. The minimum Gasteiger partial charge on any atom is -0.394 e. The average molecular weight is 975 g/mol. The summed E-state index contributed by atoms with van der Waals surface area (Å²) >= 11 is 0. The third-order valence-electron chi connectivity index (χ3n) is 11.3. The first-order valence-corrected chi connectivity index (χ1v) is 21.5. The summed E-state index contributed by atoms with van der Waals surface area (Å²) in [6.07, 6.45) is -42.8. The maximum atomic E-state index is 12.4. The van der Waals surface area contributed by atoms with Gasteiger partial charge in [0.25, 0.3) is 0 Å². The minimum absolute atomic E-state index is 0.792. The Labute approximate surface area is 368 Å². The van der Waals surface area contributed by atoms with Crippen molar-refractivity contribution in [2.75, 3.05) is 26.4 Å². The molecule has 0 spiro atoms. The van der Waals surface area contributed by atoms with Crippen LogP contribution in [0.3, 0.4) is 0 Å². The van der Waals surface area contributed by atoms with Gasteiger partial charge in [-0.25, -0.2) is 4.18 Å². The van der Waals surface area contributed by atoms with Crippen LogP contribution in [0.4, 0.5) is 0 Å². The molecule has 0 bridgehead atoms. The number of amides is 2.